The van der Waals surface area contributed by atoms with E-state index in [1.54, 1.807) is 6.92 Å². The summed E-state index contributed by atoms with van der Waals surface area (Å²) in [4.78, 5) is 10.3. The summed E-state index contributed by atoms with van der Waals surface area (Å²) in [6.07, 6.45) is 0.458. The van der Waals surface area contributed by atoms with Crippen LogP contribution in [0.15, 0.2) is 0 Å². The highest BCUT2D eigenvalue weighted by molar-refractivity contribution is 5.68. The lowest BCUT2D eigenvalue weighted by Gasteiger charge is -2.22. The molecule has 0 aliphatic rings. The van der Waals surface area contributed by atoms with Crippen LogP contribution in [0.4, 0.5) is 0 Å². The molecule has 0 aliphatic heterocycles. The van der Waals surface area contributed by atoms with Gasteiger partial charge in [0.1, 0.15) is 0 Å². The molecule has 0 spiro atoms. The van der Waals surface area contributed by atoms with E-state index in [9.17, 15) is 4.79 Å². The Bertz CT molecular complexity index is 185. The van der Waals surface area contributed by atoms with Crippen molar-refractivity contribution in [3.63, 3.8) is 0 Å². The molecule has 1 atom stereocenters. The Kier molecular flexibility index (Phi) is 3.55. The molecule has 11 heavy (non-hydrogen) atoms. The molecule has 3 N–H and O–H groups in total. The van der Waals surface area contributed by atoms with Gasteiger partial charge in [-0.2, -0.15) is 5.26 Å². The van der Waals surface area contributed by atoms with Gasteiger partial charge in [-0.3, -0.25) is 4.79 Å². The van der Waals surface area contributed by atoms with Gasteiger partial charge in [-0.25, -0.2) is 0 Å². The van der Waals surface area contributed by atoms with E-state index in [2.05, 4.69) is 0 Å². The maximum absolute atomic E-state index is 10.3. The first-order valence-electron chi connectivity index (χ1n) is 3.41. The first-order chi connectivity index (χ1) is 5.04. The third kappa shape index (κ3) is 3.58. The van der Waals surface area contributed by atoms with Crippen LogP contribution in [-0.2, 0) is 4.79 Å². The first-order valence-corrected chi connectivity index (χ1v) is 3.41. The van der Waals surface area contributed by atoms with Crippen LogP contribution >= 0.6 is 0 Å². The topological polar surface area (TPSA) is 87.1 Å². The Morgan fingerprint density at radius 3 is 2.64 bits per heavy atom. The zero-order valence-corrected chi connectivity index (χ0v) is 6.50. The van der Waals surface area contributed by atoms with Crippen LogP contribution in [0, 0.1) is 11.3 Å². The number of carboxylic acids is 1. The van der Waals surface area contributed by atoms with Gasteiger partial charge in [-0.1, -0.05) is 6.92 Å². The molecule has 62 valence electrons. The molecule has 0 heterocycles. The maximum Gasteiger partial charge on any atom is 0.305 e. The highest BCUT2D eigenvalue weighted by Gasteiger charge is 2.25. The van der Waals surface area contributed by atoms with E-state index in [1.165, 1.54) is 0 Å². The van der Waals surface area contributed by atoms with Crippen LogP contribution in [0.5, 0.6) is 0 Å². The van der Waals surface area contributed by atoms with Crippen LogP contribution in [0.3, 0.4) is 0 Å². The van der Waals surface area contributed by atoms with Crippen molar-refractivity contribution < 1.29 is 9.90 Å². The summed E-state index contributed by atoms with van der Waals surface area (Å²) in [6, 6.07) is 1.88. The second kappa shape index (κ2) is 3.94. The largest absolute Gasteiger partial charge is 0.481 e. The van der Waals surface area contributed by atoms with E-state index < -0.39 is 11.5 Å². The fourth-order valence-electron chi connectivity index (χ4n) is 0.771. The van der Waals surface area contributed by atoms with E-state index in [-0.39, 0.29) is 12.8 Å². The summed E-state index contributed by atoms with van der Waals surface area (Å²) in [5.74, 6) is -0.954. The number of nitrogens with zero attached hydrogens (tertiary/aromatic N) is 1. The van der Waals surface area contributed by atoms with Gasteiger partial charge in [0.25, 0.3) is 0 Å². The first kappa shape index (κ1) is 9.92. The number of carboxylic acid groups (broad SMARTS) is 1. The fraction of sp³-hybridized carbons (Fsp3) is 0.714. The minimum Gasteiger partial charge on any atom is -0.481 e. The van der Waals surface area contributed by atoms with Gasteiger partial charge in [0, 0.05) is 5.54 Å². The van der Waals surface area contributed by atoms with Gasteiger partial charge in [-0.15, -0.1) is 0 Å². The quantitative estimate of drug-likeness (QED) is 0.619. The predicted octanol–water partition coefficient (Wildman–Crippen LogP) is 0.482. The average Bonchev–Trinajstić information content (AvgIpc) is 1.87. The molecule has 0 rings (SSSR count). The van der Waals surface area contributed by atoms with Crippen molar-refractivity contribution in [3.05, 3.63) is 0 Å². The molecule has 4 nitrogen and oxygen atoms in total. The molecule has 0 amide bonds. The summed E-state index contributed by atoms with van der Waals surface area (Å²) in [5, 5.41) is 16.7. The maximum atomic E-state index is 10.3. The van der Waals surface area contributed by atoms with Crippen LogP contribution in [-0.4, -0.2) is 16.6 Å². The normalized spacial score (nSPS) is 15.0. The third-order valence-electron chi connectivity index (χ3n) is 1.64. The number of rotatable bonds is 4. The van der Waals surface area contributed by atoms with Crippen LogP contribution in [0.25, 0.3) is 0 Å². The summed E-state index contributed by atoms with van der Waals surface area (Å²) in [7, 11) is 0. The molecule has 4 heteroatoms. The Labute approximate surface area is 65.6 Å². The molecular weight excluding hydrogens is 144 g/mol. The van der Waals surface area contributed by atoms with Gasteiger partial charge < -0.3 is 10.8 Å². The second-order valence-corrected chi connectivity index (χ2v) is 2.62. The predicted molar refractivity (Wildman–Crippen MR) is 39.7 cm³/mol. The van der Waals surface area contributed by atoms with Crippen LogP contribution in [0.2, 0.25) is 0 Å². The highest BCUT2D eigenvalue weighted by Crippen LogP contribution is 2.15. The number of hydrogen-bond acceptors (Lipinski definition) is 3. The molecule has 0 radical (unpaired) electrons. The number of hydrogen-bond donors (Lipinski definition) is 2. The van der Waals surface area contributed by atoms with Crippen molar-refractivity contribution >= 4 is 5.97 Å². The Morgan fingerprint density at radius 1 is 1.82 bits per heavy atom. The molecule has 0 saturated heterocycles. The van der Waals surface area contributed by atoms with Crippen molar-refractivity contribution in [2.75, 3.05) is 0 Å². The van der Waals surface area contributed by atoms with E-state index in [0.717, 1.165) is 0 Å². The summed E-state index contributed by atoms with van der Waals surface area (Å²) >= 11 is 0. The zero-order chi connectivity index (χ0) is 8.91. The third-order valence-corrected chi connectivity index (χ3v) is 1.64. The molecule has 0 saturated carbocycles. The summed E-state index contributed by atoms with van der Waals surface area (Å²) in [5.41, 5.74) is 4.76. The number of nitriles is 1. The van der Waals surface area contributed by atoms with Crippen molar-refractivity contribution in [1.29, 1.82) is 5.26 Å². The van der Waals surface area contributed by atoms with Gasteiger partial charge in [0.05, 0.1) is 18.9 Å². The van der Waals surface area contributed by atoms with Crippen LogP contribution < -0.4 is 5.73 Å². The van der Waals surface area contributed by atoms with Crippen molar-refractivity contribution in [1.82, 2.24) is 0 Å². The Hall–Kier alpha value is -1.08. The van der Waals surface area contributed by atoms with Crippen molar-refractivity contribution in [3.8, 4) is 6.07 Å². The highest BCUT2D eigenvalue weighted by atomic mass is 16.4. The Balaban J connectivity index is 4.12. The van der Waals surface area contributed by atoms with E-state index in [4.69, 9.17) is 16.1 Å². The molecule has 1 unspecified atom stereocenters. The van der Waals surface area contributed by atoms with E-state index >= 15 is 0 Å². The number of nitrogens with two attached hydrogens (primary N) is 1. The minimum atomic E-state index is -0.954. The van der Waals surface area contributed by atoms with Crippen LogP contribution in [0.1, 0.15) is 26.2 Å². The van der Waals surface area contributed by atoms with Gasteiger partial charge >= 0.3 is 5.97 Å². The molecule has 0 bridgehead atoms. The van der Waals surface area contributed by atoms with Crippen molar-refractivity contribution in [2.24, 2.45) is 5.73 Å². The molecule has 0 aromatic heterocycles. The number of carbonyl (C=O) groups is 1. The van der Waals surface area contributed by atoms with E-state index in [1.807, 2.05) is 6.07 Å². The standard InChI is InChI=1S/C7H12N2O2/c1-2-7(9,3-4-8)5-6(10)11/h2-3,5,9H2,1H3,(H,10,11). The molecule has 0 aromatic rings. The lowest BCUT2D eigenvalue weighted by molar-refractivity contribution is -0.138. The smallest absolute Gasteiger partial charge is 0.305 e. The summed E-state index contributed by atoms with van der Waals surface area (Å²) < 4.78 is 0. The summed E-state index contributed by atoms with van der Waals surface area (Å²) in [6.45, 7) is 1.78. The van der Waals surface area contributed by atoms with Gasteiger partial charge in [0.2, 0.25) is 0 Å². The number of aliphatic carboxylic acids is 1. The fourth-order valence-corrected chi connectivity index (χ4v) is 0.771. The minimum absolute atomic E-state index is 0.0931. The zero-order valence-electron chi connectivity index (χ0n) is 6.50. The lowest BCUT2D eigenvalue weighted by atomic mass is 9.90. The van der Waals surface area contributed by atoms with Gasteiger partial charge in [0.15, 0.2) is 0 Å². The Morgan fingerprint density at radius 2 is 2.36 bits per heavy atom. The monoisotopic (exact) mass is 156 g/mol. The van der Waals surface area contributed by atoms with Crippen molar-refractivity contribution in [2.45, 2.75) is 31.7 Å². The SMILES string of the molecule is CCC(N)(CC#N)CC(=O)O. The average molecular weight is 156 g/mol. The molecular formula is C7H12N2O2. The second-order valence-electron chi connectivity index (χ2n) is 2.62. The molecule has 0 aliphatic carbocycles. The van der Waals surface area contributed by atoms with Gasteiger partial charge in [-0.05, 0) is 6.42 Å². The molecule has 0 fully saturated rings. The molecule has 0 aromatic carbocycles. The lowest BCUT2D eigenvalue weighted by Crippen LogP contribution is -2.40. The van der Waals surface area contributed by atoms with E-state index in [0.29, 0.717) is 6.42 Å².